The molecule has 4 aromatic rings. The topological polar surface area (TPSA) is 161 Å². The van der Waals surface area contributed by atoms with Gasteiger partial charge in [-0.25, -0.2) is 0 Å². The zero-order valence-corrected chi connectivity index (χ0v) is 27.7. The summed E-state index contributed by atoms with van der Waals surface area (Å²) in [5.74, 6) is -2.36. The van der Waals surface area contributed by atoms with Gasteiger partial charge in [0.05, 0.1) is 53.8 Å². The molecule has 0 N–H and O–H groups in total. The number of fused-ring (bicyclic) bond motifs is 2. The summed E-state index contributed by atoms with van der Waals surface area (Å²) in [4.78, 5) is 55.2. The maximum Gasteiger partial charge on any atom is 0.237 e. The first-order chi connectivity index (χ1) is 24.2. The van der Waals surface area contributed by atoms with Crippen LogP contribution in [-0.4, -0.2) is 79.4 Å². The molecule has 258 valence electrons. The largest absolute Gasteiger partial charge is 0.497 e. The Kier molecular flexibility index (Phi) is 9.09. The van der Waals surface area contributed by atoms with Crippen LogP contribution in [0.3, 0.4) is 0 Å². The number of carbonyl (C=O) groups is 4. The molecule has 0 saturated heterocycles. The van der Waals surface area contributed by atoms with Gasteiger partial charge in [0.2, 0.25) is 48.2 Å². The first-order valence-electron chi connectivity index (χ1n) is 14.8. The lowest BCUT2D eigenvalue weighted by Crippen LogP contribution is -2.16. The molecule has 0 aromatic heterocycles. The van der Waals surface area contributed by atoms with Crippen LogP contribution in [-0.2, 0) is 0 Å². The molecule has 2 aliphatic heterocycles. The summed E-state index contributed by atoms with van der Waals surface area (Å²) in [6.45, 7) is -0.561. The van der Waals surface area contributed by atoms with Crippen molar-refractivity contribution in [1.29, 1.82) is 0 Å². The summed E-state index contributed by atoms with van der Waals surface area (Å²) < 4.78 is 55.3. The Labute approximate surface area is 285 Å². The van der Waals surface area contributed by atoms with Crippen LogP contribution in [0.5, 0.6) is 57.5 Å². The molecule has 0 saturated carbocycles. The minimum absolute atomic E-state index is 0.00235. The van der Waals surface area contributed by atoms with Crippen molar-refractivity contribution in [3.05, 3.63) is 70.8 Å². The molecule has 0 aliphatic carbocycles. The van der Waals surface area contributed by atoms with Crippen molar-refractivity contribution in [1.82, 2.24) is 0 Å². The van der Waals surface area contributed by atoms with Gasteiger partial charge < -0.3 is 47.4 Å². The second-order valence-corrected chi connectivity index (χ2v) is 10.7. The number of benzene rings is 4. The fraction of sp³-hybridized carbons (Fsp3) is 0.222. The van der Waals surface area contributed by atoms with E-state index in [9.17, 15) is 19.2 Å². The van der Waals surface area contributed by atoms with E-state index >= 15 is 0 Å². The lowest BCUT2D eigenvalue weighted by Gasteiger charge is -2.18. The van der Waals surface area contributed by atoms with Gasteiger partial charge in [0, 0.05) is 34.4 Å². The van der Waals surface area contributed by atoms with Gasteiger partial charge in [0.1, 0.15) is 23.0 Å². The fourth-order valence-corrected chi connectivity index (χ4v) is 5.62. The van der Waals surface area contributed by atoms with Crippen molar-refractivity contribution >= 4 is 23.1 Å². The molecule has 6 rings (SSSR count). The maximum absolute atomic E-state index is 14.0. The molecule has 0 bridgehead atoms. The third kappa shape index (κ3) is 5.70. The predicted octanol–water partition coefficient (Wildman–Crippen LogP) is 4.99. The van der Waals surface area contributed by atoms with Crippen molar-refractivity contribution < 1.29 is 66.5 Å². The molecule has 14 nitrogen and oxygen atoms in total. The first-order valence-corrected chi connectivity index (χ1v) is 14.8. The molecule has 0 spiro atoms. The highest BCUT2D eigenvalue weighted by atomic mass is 16.7. The quantitative estimate of drug-likeness (QED) is 0.137. The molecule has 50 heavy (non-hydrogen) atoms. The molecule has 14 heteroatoms. The van der Waals surface area contributed by atoms with E-state index in [0.29, 0.717) is 23.0 Å². The van der Waals surface area contributed by atoms with Gasteiger partial charge in [-0.2, -0.15) is 0 Å². The zero-order valence-electron chi connectivity index (χ0n) is 27.7. The van der Waals surface area contributed by atoms with E-state index < -0.39 is 23.1 Å². The van der Waals surface area contributed by atoms with Crippen molar-refractivity contribution in [3.63, 3.8) is 0 Å². The van der Waals surface area contributed by atoms with Gasteiger partial charge in [-0.05, 0) is 36.4 Å². The smallest absolute Gasteiger partial charge is 0.237 e. The van der Waals surface area contributed by atoms with Crippen LogP contribution in [0.2, 0.25) is 0 Å². The van der Waals surface area contributed by atoms with Gasteiger partial charge in [-0.3, -0.25) is 19.2 Å². The van der Waals surface area contributed by atoms with E-state index in [0.717, 1.165) is 0 Å². The van der Waals surface area contributed by atoms with E-state index in [4.69, 9.17) is 47.4 Å². The summed E-state index contributed by atoms with van der Waals surface area (Å²) in [5, 5.41) is 0. The maximum atomic E-state index is 14.0. The molecule has 0 fully saturated rings. The number of methoxy groups -OCH3 is 6. The van der Waals surface area contributed by atoms with Crippen LogP contribution in [0.1, 0.15) is 41.4 Å². The minimum atomic E-state index is -0.955. The zero-order chi connectivity index (χ0) is 35.7. The Morgan fingerprint density at radius 3 is 1.04 bits per heavy atom. The summed E-state index contributed by atoms with van der Waals surface area (Å²) in [5.41, 5.74) is -0.0546. The third-order valence-electron chi connectivity index (χ3n) is 8.02. The number of carbonyl (C=O) groups excluding carboxylic acids is 4. The lowest BCUT2D eigenvalue weighted by molar-refractivity contribution is 0.0813. The number of Topliss-reactive ketones (excluding diaryl/α,β-unsaturated/α-hetero) is 4. The summed E-state index contributed by atoms with van der Waals surface area (Å²) >= 11 is 0. The number of ether oxygens (including phenoxy) is 10. The van der Waals surface area contributed by atoms with Gasteiger partial charge in [-0.1, -0.05) is 0 Å². The molecule has 0 atom stereocenters. The normalized spacial score (nSPS) is 12.2. The Morgan fingerprint density at radius 1 is 0.420 bits per heavy atom. The van der Waals surface area contributed by atoms with Crippen molar-refractivity contribution in [2.75, 3.05) is 56.2 Å². The number of hydrogen-bond donors (Lipinski definition) is 0. The molecule has 2 aliphatic rings. The molecular formula is C36H30O14. The number of ketones is 4. The Balaban J connectivity index is 1.52. The molecular weight excluding hydrogens is 656 g/mol. The van der Waals surface area contributed by atoms with Gasteiger partial charge in [0.15, 0.2) is 23.0 Å². The van der Waals surface area contributed by atoms with Gasteiger partial charge in [-0.15, -0.1) is 0 Å². The summed E-state index contributed by atoms with van der Waals surface area (Å²) in [6, 6.07) is 11.4. The van der Waals surface area contributed by atoms with Gasteiger partial charge in [0.25, 0.3) is 0 Å². The van der Waals surface area contributed by atoms with Crippen molar-refractivity contribution in [3.8, 4) is 68.6 Å². The molecule has 4 aromatic carbocycles. The van der Waals surface area contributed by atoms with E-state index in [1.807, 2.05) is 0 Å². The highest BCUT2D eigenvalue weighted by molar-refractivity contribution is 6.50. The Morgan fingerprint density at radius 2 is 0.740 bits per heavy atom. The number of hydrogen-bond acceptors (Lipinski definition) is 14. The Bertz CT molecular complexity index is 1870. The predicted molar refractivity (Wildman–Crippen MR) is 174 cm³/mol. The second kappa shape index (κ2) is 13.6. The first kappa shape index (κ1) is 33.5. The highest BCUT2D eigenvalue weighted by Crippen LogP contribution is 2.55. The molecule has 2 heterocycles. The van der Waals surface area contributed by atoms with E-state index in [2.05, 4.69) is 0 Å². The average Bonchev–Trinajstić information content (AvgIpc) is 3.86. The third-order valence-corrected chi connectivity index (χ3v) is 8.02. The van der Waals surface area contributed by atoms with E-state index in [1.165, 1.54) is 79.1 Å². The Hall–Kier alpha value is -6.44. The monoisotopic (exact) mass is 686 g/mol. The van der Waals surface area contributed by atoms with E-state index in [-0.39, 0.29) is 81.5 Å². The van der Waals surface area contributed by atoms with Gasteiger partial charge >= 0.3 is 0 Å². The molecule has 0 unspecified atom stereocenters. The second-order valence-electron chi connectivity index (χ2n) is 10.7. The van der Waals surface area contributed by atoms with Crippen LogP contribution >= 0.6 is 0 Å². The van der Waals surface area contributed by atoms with E-state index in [1.54, 1.807) is 12.1 Å². The van der Waals surface area contributed by atoms with Crippen molar-refractivity contribution in [2.24, 2.45) is 0 Å². The van der Waals surface area contributed by atoms with Crippen LogP contribution in [0.4, 0.5) is 0 Å². The standard InChI is InChI=1S/C36H30O14/c1-41-19-7-17(8-20(11-19)42-2)27(37)29(39)25-13-23(31(45-5)35-33(25)47-15-49-35)24-14-26(34-36(32(24)46-6)50-16-48-34)30(40)28(38)18-9-21(43-3)12-22(10-18)44-4/h7-14H,15-16H2,1-6H3. The highest BCUT2D eigenvalue weighted by Gasteiger charge is 2.37. The minimum Gasteiger partial charge on any atom is -0.497 e. The summed E-state index contributed by atoms with van der Waals surface area (Å²) in [6.07, 6.45) is 0. The SMILES string of the molecule is COc1cc(OC)cc(C(=O)C(=O)c2cc(-c3cc(C(=O)C(=O)c4cc(OC)cc(OC)c4)c4c(c3OC)OCO4)c(OC)c3c2OCO3)c1. The number of rotatable bonds is 13. The molecule has 0 radical (unpaired) electrons. The van der Waals surface area contributed by atoms with Crippen LogP contribution < -0.4 is 47.4 Å². The van der Waals surface area contributed by atoms with Crippen LogP contribution in [0.25, 0.3) is 11.1 Å². The lowest BCUT2D eigenvalue weighted by atomic mass is 9.91. The average molecular weight is 687 g/mol. The van der Waals surface area contributed by atoms with Crippen LogP contribution in [0.15, 0.2) is 48.5 Å². The fourth-order valence-electron chi connectivity index (χ4n) is 5.62. The van der Waals surface area contributed by atoms with Crippen LogP contribution in [0, 0.1) is 0 Å². The molecule has 0 amide bonds. The summed E-state index contributed by atoms with van der Waals surface area (Å²) in [7, 11) is 8.38. The van der Waals surface area contributed by atoms with Crippen molar-refractivity contribution in [2.45, 2.75) is 0 Å².